The Kier molecular flexibility index (Phi) is 5.84. The van der Waals surface area contributed by atoms with Crippen molar-refractivity contribution >= 4 is 33.3 Å². The Morgan fingerprint density at radius 3 is 2.31 bits per heavy atom. The number of hydrogen-bond donors (Lipinski definition) is 2. The highest BCUT2D eigenvalue weighted by atomic mass is 19.4. The number of hydrogen-bond acceptors (Lipinski definition) is 2. The molecule has 4 nitrogen and oxygen atoms in total. The predicted molar refractivity (Wildman–Crippen MR) is 135 cm³/mol. The van der Waals surface area contributed by atoms with Gasteiger partial charge in [-0.1, -0.05) is 55.5 Å². The summed E-state index contributed by atoms with van der Waals surface area (Å²) in [5, 5.41) is 5.41. The van der Waals surface area contributed by atoms with E-state index in [4.69, 9.17) is 0 Å². The third-order valence-electron chi connectivity index (χ3n) is 6.36. The van der Waals surface area contributed by atoms with Crippen LogP contribution < -0.4 is 10.9 Å². The number of pyridine rings is 1. The van der Waals surface area contributed by atoms with E-state index in [0.29, 0.717) is 16.6 Å². The number of anilines is 1. The number of nitrogens with one attached hydrogen (secondary N) is 2. The molecule has 0 bridgehead atoms. The highest BCUT2D eigenvalue weighted by Crippen LogP contribution is 2.38. The minimum absolute atomic E-state index is 0.268. The summed E-state index contributed by atoms with van der Waals surface area (Å²) < 4.78 is 40.8. The van der Waals surface area contributed by atoms with Crippen LogP contribution in [0, 0.1) is 0 Å². The lowest BCUT2D eigenvalue weighted by atomic mass is 9.89. The molecule has 4 aromatic carbocycles. The maximum absolute atomic E-state index is 13.6. The number of carbonyl (C=O) groups is 1. The first kappa shape index (κ1) is 23.4. The van der Waals surface area contributed by atoms with Gasteiger partial charge >= 0.3 is 6.18 Å². The third-order valence-corrected chi connectivity index (χ3v) is 6.36. The van der Waals surface area contributed by atoms with Gasteiger partial charge < -0.3 is 10.3 Å². The van der Waals surface area contributed by atoms with Gasteiger partial charge in [-0.2, -0.15) is 13.2 Å². The Balaban J connectivity index is 1.59. The van der Waals surface area contributed by atoms with Gasteiger partial charge in [0.2, 0.25) is 5.56 Å². The summed E-state index contributed by atoms with van der Waals surface area (Å²) >= 11 is 0. The van der Waals surface area contributed by atoms with Gasteiger partial charge in [0.15, 0.2) is 0 Å². The first-order valence-corrected chi connectivity index (χ1v) is 11.3. The lowest BCUT2D eigenvalue weighted by Crippen LogP contribution is -2.16. The summed E-state index contributed by atoms with van der Waals surface area (Å²) in [5.41, 5.74) is 1.01. The summed E-state index contributed by atoms with van der Waals surface area (Å²) in [4.78, 5) is 27.9. The number of rotatable bonds is 4. The number of alkyl halides is 3. The summed E-state index contributed by atoms with van der Waals surface area (Å²) in [7, 11) is 0. The zero-order valence-corrected chi connectivity index (χ0v) is 19.2. The highest BCUT2D eigenvalue weighted by Gasteiger charge is 2.32. The number of amides is 1. The van der Waals surface area contributed by atoms with Crippen molar-refractivity contribution < 1.29 is 18.0 Å². The molecule has 1 amide bonds. The van der Waals surface area contributed by atoms with E-state index in [-0.39, 0.29) is 16.8 Å². The summed E-state index contributed by atoms with van der Waals surface area (Å²) in [6.07, 6.45) is -4.55. The fraction of sp³-hybridized carbons (Fsp3) is 0.103. The molecule has 0 unspecified atom stereocenters. The van der Waals surface area contributed by atoms with Gasteiger partial charge in [0, 0.05) is 23.2 Å². The minimum atomic E-state index is -4.55. The molecular formula is C29H21F3N2O2. The Morgan fingerprint density at radius 2 is 1.53 bits per heavy atom. The second kappa shape index (κ2) is 9.00. The Hall–Kier alpha value is -4.39. The van der Waals surface area contributed by atoms with Crippen LogP contribution in [-0.2, 0) is 6.18 Å². The molecule has 36 heavy (non-hydrogen) atoms. The van der Waals surface area contributed by atoms with Gasteiger partial charge in [0.1, 0.15) is 0 Å². The molecule has 0 fully saturated rings. The second-order valence-electron chi connectivity index (χ2n) is 8.67. The first-order chi connectivity index (χ1) is 17.2. The van der Waals surface area contributed by atoms with Crippen molar-refractivity contribution in [2.75, 3.05) is 5.32 Å². The minimum Gasteiger partial charge on any atom is -0.322 e. The number of H-pyrrole nitrogens is 1. The Morgan fingerprint density at radius 1 is 0.806 bits per heavy atom. The maximum atomic E-state index is 13.6. The smallest absolute Gasteiger partial charge is 0.322 e. The monoisotopic (exact) mass is 486 g/mol. The van der Waals surface area contributed by atoms with E-state index in [1.807, 2.05) is 36.4 Å². The molecule has 0 radical (unpaired) electrons. The molecule has 0 aliphatic rings. The molecule has 1 heterocycles. The number of aromatic nitrogens is 1. The van der Waals surface area contributed by atoms with Crippen LogP contribution in [0.15, 0.2) is 95.8 Å². The third kappa shape index (κ3) is 4.47. The van der Waals surface area contributed by atoms with Gasteiger partial charge in [0.05, 0.1) is 11.1 Å². The number of halogens is 3. The zero-order chi connectivity index (χ0) is 25.4. The van der Waals surface area contributed by atoms with Crippen LogP contribution in [0.2, 0.25) is 0 Å². The van der Waals surface area contributed by atoms with Crippen molar-refractivity contribution in [2.24, 2.45) is 0 Å². The number of aromatic amines is 1. The summed E-state index contributed by atoms with van der Waals surface area (Å²) in [6.45, 7) is 1.75. The second-order valence-corrected chi connectivity index (χ2v) is 8.67. The zero-order valence-electron chi connectivity index (χ0n) is 19.2. The van der Waals surface area contributed by atoms with Gasteiger partial charge in [0.25, 0.3) is 5.91 Å². The largest absolute Gasteiger partial charge is 0.416 e. The van der Waals surface area contributed by atoms with Crippen molar-refractivity contribution in [3.63, 3.8) is 0 Å². The van der Waals surface area contributed by atoms with Crippen molar-refractivity contribution in [3.05, 3.63) is 124 Å². The average Bonchev–Trinajstić information content (AvgIpc) is 2.87. The van der Waals surface area contributed by atoms with Gasteiger partial charge in [-0.05, 0) is 63.7 Å². The van der Waals surface area contributed by atoms with Crippen LogP contribution >= 0.6 is 0 Å². The van der Waals surface area contributed by atoms with Crippen LogP contribution in [0.25, 0.3) is 21.7 Å². The molecule has 5 aromatic rings. The van der Waals surface area contributed by atoms with Gasteiger partial charge in [-0.15, -0.1) is 0 Å². The standard InChI is InChI=1S/C29H21F3N2O2/c1-17(23-8-4-7-19-11-14-26(35)34-27(19)23)24-16-22(29(30,31)32)12-13-25(24)33-28(36)21-10-9-18-5-2-3-6-20(18)15-21/h2-17H,1H3,(H,33,36)(H,34,35)/t17-/m0/s1. The number of para-hydroxylation sites is 1. The van der Waals surface area contributed by atoms with E-state index in [1.54, 1.807) is 37.3 Å². The molecule has 2 N–H and O–H groups in total. The van der Waals surface area contributed by atoms with Gasteiger partial charge in [-0.25, -0.2) is 0 Å². The average molecular weight is 486 g/mol. The molecule has 1 aromatic heterocycles. The van der Waals surface area contributed by atoms with Crippen molar-refractivity contribution in [1.29, 1.82) is 0 Å². The van der Waals surface area contributed by atoms with E-state index in [2.05, 4.69) is 10.3 Å². The molecule has 0 aliphatic heterocycles. The SMILES string of the molecule is C[C@H](c1cc(C(F)(F)F)ccc1NC(=O)c1ccc2ccccc2c1)c1cccc2ccc(=O)[nH]c12. The fourth-order valence-electron chi connectivity index (χ4n) is 4.47. The van der Waals surface area contributed by atoms with Crippen molar-refractivity contribution in [3.8, 4) is 0 Å². The quantitative estimate of drug-likeness (QED) is 0.285. The molecule has 180 valence electrons. The predicted octanol–water partition coefficient (Wildman–Crippen LogP) is 7.10. The van der Waals surface area contributed by atoms with Crippen LogP contribution in [0.1, 0.15) is 39.9 Å². The Labute approximate surface area is 204 Å². The fourth-order valence-corrected chi connectivity index (χ4v) is 4.47. The molecular weight excluding hydrogens is 465 g/mol. The van der Waals surface area contributed by atoms with E-state index < -0.39 is 23.6 Å². The molecule has 0 saturated heterocycles. The molecule has 1 atom stereocenters. The van der Waals surface area contributed by atoms with E-state index in [9.17, 15) is 22.8 Å². The lowest BCUT2D eigenvalue weighted by Gasteiger charge is -2.21. The number of carbonyl (C=O) groups excluding carboxylic acids is 1. The first-order valence-electron chi connectivity index (χ1n) is 11.3. The molecule has 0 saturated carbocycles. The van der Waals surface area contributed by atoms with Crippen LogP contribution in [0.3, 0.4) is 0 Å². The van der Waals surface area contributed by atoms with Gasteiger partial charge in [-0.3, -0.25) is 9.59 Å². The van der Waals surface area contributed by atoms with Crippen molar-refractivity contribution in [1.82, 2.24) is 4.98 Å². The summed E-state index contributed by atoms with van der Waals surface area (Å²) in [5.74, 6) is -0.999. The Bertz CT molecular complexity index is 1670. The number of fused-ring (bicyclic) bond motifs is 2. The highest BCUT2D eigenvalue weighted by molar-refractivity contribution is 6.07. The van der Waals surface area contributed by atoms with E-state index in [1.165, 1.54) is 12.1 Å². The topological polar surface area (TPSA) is 62.0 Å². The molecule has 0 aliphatic carbocycles. The van der Waals surface area contributed by atoms with Crippen LogP contribution in [-0.4, -0.2) is 10.9 Å². The molecule has 7 heteroatoms. The van der Waals surface area contributed by atoms with Crippen LogP contribution in [0.4, 0.5) is 18.9 Å². The molecule has 5 rings (SSSR count). The maximum Gasteiger partial charge on any atom is 0.416 e. The van der Waals surface area contributed by atoms with E-state index in [0.717, 1.165) is 28.3 Å². The number of benzene rings is 4. The van der Waals surface area contributed by atoms with Crippen molar-refractivity contribution in [2.45, 2.75) is 19.0 Å². The molecule has 0 spiro atoms. The van der Waals surface area contributed by atoms with E-state index >= 15 is 0 Å². The summed E-state index contributed by atoms with van der Waals surface area (Å²) in [6, 6.07) is 24.6. The van der Waals surface area contributed by atoms with Crippen LogP contribution in [0.5, 0.6) is 0 Å². The normalized spacial score (nSPS) is 12.6. The lowest BCUT2D eigenvalue weighted by molar-refractivity contribution is -0.137.